The van der Waals surface area contributed by atoms with Gasteiger partial charge >= 0.3 is 5.97 Å². The predicted molar refractivity (Wildman–Crippen MR) is 105 cm³/mol. The van der Waals surface area contributed by atoms with Crippen molar-refractivity contribution in [3.63, 3.8) is 0 Å². The van der Waals surface area contributed by atoms with Crippen LogP contribution in [0.1, 0.15) is 31.2 Å². The molecule has 138 valence electrons. The lowest BCUT2D eigenvalue weighted by Gasteiger charge is -2.08. The number of aryl methyl sites for hydroxylation is 1. The molecule has 6 heteroatoms. The van der Waals surface area contributed by atoms with E-state index in [0.29, 0.717) is 28.8 Å². The predicted octanol–water partition coefficient (Wildman–Crippen LogP) is 5.28. The van der Waals surface area contributed by atoms with Crippen LogP contribution < -0.4 is 5.32 Å². The maximum Gasteiger partial charge on any atom is 0.305 e. The SMILES string of the molecule is O=C(CCCC(=O)OCCCc1ccccc1)Nc1ccc(Cl)cc1Cl. The molecule has 0 atom stereocenters. The number of esters is 1. The van der Waals surface area contributed by atoms with Crippen LogP contribution in [0, 0.1) is 0 Å². The van der Waals surface area contributed by atoms with E-state index in [1.54, 1.807) is 18.2 Å². The molecule has 0 saturated carbocycles. The Kier molecular flexibility index (Phi) is 8.45. The lowest BCUT2D eigenvalue weighted by atomic mass is 10.1. The molecule has 0 unspecified atom stereocenters. The second kappa shape index (κ2) is 10.8. The molecule has 0 spiro atoms. The third kappa shape index (κ3) is 7.46. The van der Waals surface area contributed by atoms with Gasteiger partial charge in [0.15, 0.2) is 0 Å². The number of halogens is 2. The lowest BCUT2D eigenvalue weighted by molar-refractivity contribution is -0.143. The largest absolute Gasteiger partial charge is 0.466 e. The van der Waals surface area contributed by atoms with E-state index in [2.05, 4.69) is 5.32 Å². The first-order valence-corrected chi connectivity index (χ1v) is 9.24. The summed E-state index contributed by atoms with van der Waals surface area (Å²) < 4.78 is 5.19. The third-order valence-electron chi connectivity index (χ3n) is 3.71. The van der Waals surface area contributed by atoms with E-state index in [0.717, 1.165) is 12.8 Å². The van der Waals surface area contributed by atoms with Gasteiger partial charge in [0.1, 0.15) is 0 Å². The summed E-state index contributed by atoms with van der Waals surface area (Å²) in [6.07, 6.45) is 2.52. The van der Waals surface area contributed by atoms with Crippen LogP contribution in [0.25, 0.3) is 0 Å². The third-order valence-corrected chi connectivity index (χ3v) is 4.25. The van der Waals surface area contributed by atoms with Crippen LogP contribution in [0.15, 0.2) is 48.5 Å². The molecule has 0 heterocycles. The molecule has 1 amide bonds. The Balaban J connectivity index is 1.58. The van der Waals surface area contributed by atoms with Crippen molar-refractivity contribution in [1.82, 2.24) is 0 Å². The van der Waals surface area contributed by atoms with Crippen LogP contribution >= 0.6 is 23.2 Å². The number of nitrogens with one attached hydrogen (secondary N) is 1. The number of ether oxygens (including phenoxy) is 1. The average Bonchev–Trinajstić information content (AvgIpc) is 2.62. The van der Waals surface area contributed by atoms with Gasteiger partial charge in [-0.1, -0.05) is 53.5 Å². The summed E-state index contributed by atoms with van der Waals surface area (Å²) in [6, 6.07) is 14.9. The van der Waals surface area contributed by atoms with Crippen LogP contribution in [0.3, 0.4) is 0 Å². The molecule has 0 radical (unpaired) electrons. The van der Waals surface area contributed by atoms with Crippen molar-refractivity contribution in [2.75, 3.05) is 11.9 Å². The van der Waals surface area contributed by atoms with Gasteiger partial charge in [-0.2, -0.15) is 0 Å². The molecule has 0 bridgehead atoms. The minimum atomic E-state index is -0.282. The number of rotatable bonds is 9. The minimum absolute atomic E-state index is 0.203. The molecular weight excluding hydrogens is 373 g/mol. The Bertz CT molecular complexity index is 735. The summed E-state index contributed by atoms with van der Waals surface area (Å²) in [5, 5.41) is 3.58. The molecular formula is C20H21Cl2NO3. The van der Waals surface area contributed by atoms with Crippen molar-refractivity contribution in [3.05, 3.63) is 64.1 Å². The standard InChI is InChI=1S/C20H21Cl2NO3/c21-16-11-12-18(17(22)14-16)23-19(24)9-4-10-20(25)26-13-5-8-15-6-2-1-3-7-15/h1-3,6-7,11-12,14H,4-5,8-10,13H2,(H,23,24). The van der Waals surface area contributed by atoms with Gasteiger partial charge in [-0.05, 0) is 43.0 Å². The number of anilines is 1. The van der Waals surface area contributed by atoms with Gasteiger partial charge in [0.05, 0.1) is 17.3 Å². The second-order valence-electron chi connectivity index (χ2n) is 5.84. The highest BCUT2D eigenvalue weighted by molar-refractivity contribution is 6.36. The summed E-state index contributed by atoms with van der Waals surface area (Å²) in [4.78, 5) is 23.6. The number of hydrogen-bond donors (Lipinski definition) is 1. The summed E-state index contributed by atoms with van der Waals surface area (Å²) >= 11 is 11.8. The van der Waals surface area contributed by atoms with E-state index >= 15 is 0 Å². The van der Waals surface area contributed by atoms with Crippen LogP contribution in [0.2, 0.25) is 10.0 Å². The highest BCUT2D eigenvalue weighted by Crippen LogP contribution is 2.25. The monoisotopic (exact) mass is 393 g/mol. The Morgan fingerprint density at radius 2 is 1.73 bits per heavy atom. The van der Waals surface area contributed by atoms with Gasteiger partial charge in [-0.3, -0.25) is 9.59 Å². The molecule has 1 N–H and O–H groups in total. The van der Waals surface area contributed by atoms with Gasteiger partial charge in [-0.15, -0.1) is 0 Å². The zero-order chi connectivity index (χ0) is 18.8. The first-order valence-electron chi connectivity index (χ1n) is 8.49. The molecule has 2 aromatic carbocycles. The van der Waals surface area contributed by atoms with Crippen LogP contribution in [-0.2, 0) is 20.7 Å². The molecule has 26 heavy (non-hydrogen) atoms. The van der Waals surface area contributed by atoms with Gasteiger partial charge in [0.2, 0.25) is 5.91 Å². The molecule has 0 saturated heterocycles. The van der Waals surface area contributed by atoms with Crippen molar-refractivity contribution in [2.24, 2.45) is 0 Å². The molecule has 2 rings (SSSR count). The molecule has 2 aromatic rings. The first kappa shape index (κ1) is 20.3. The molecule has 0 aliphatic rings. The van der Waals surface area contributed by atoms with E-state index in [4.69, 9.17) is 27.9 Å². The zero-order valence-electron chi connectivity index (χ0n) is 14.3. The Labute approximate surface area is 163 Å². The van der Waals surface area contributed by atoms with E-state index in [-0.39, 0.29) is 24.7 Å². The van der Waals surface area contributed by atoms with Crippen LogP contribution in [-0.4, -0.2) is 18.5 Å². The fourth-order valence-electron chi connectivity index (χ4n) is 2.38. The fourth-order valence-corrected chi connectivity index (χ4v) is 2.83. The van der Waals surface area contributed by atoms with Crippen molar-refractivity contribution in [2.45, 2.75) is 32.1 Å². The molecule has 4 nitrogen and oxygen atoms in total. The summed E-state index contributed by atoms with van der Waals surface area (Å²) in [7, 11) is 0. The van der Waals surface area contributed by atoms with E-state index < -0.39 is 0 Å². The van der Waals surface area contributed by atoms with E-state index in [1.807, 2.05) is 30.3 Å². The minimum Gasteiger partial charge on any atom is -0.466 e. The summed E-state index contributed by atoms with van der Waals surface area (Å²) in [5.74, 6) is -0.485. The first-order chi connectivity index (χ1) is 12.5. The zero-order valence-corrected chi connectivity index (χ0v) is 15.9. The van der Waals surface area contributed by atoms with Crippen LogP contribution in [0.5, 0.6) is 0 Å². The highest BCUT2D eigenvalue weighted by Gasteiger charge is 2.09. The van der Waals surface area contributed by atoms with Crippen molar-refractivity contribution < 1.29 is 14.3 Å². The van der Waals surface area contributed by atoms with Crippen LogP contribution in [0.4, 0.5) is 5.69 Å². The van der Waals surface area contributed by atoms with Crippen molar-refractivity contribution >= 4 is 40.8 Å². The highest BCUT2D eigenvalue weighted by atomic mass is 35.5. The average molecular weight is 394 g/mol. The van der Waals surface area contributed by atoms with E-state index in [1.165, 1.54) is 5.56 Å². The van der Waals surface area contributed by atoms with E-state index in [9.17, 15) is 9.59 Å². The second-order valence-corrected chi connectivity index (χ2v) is 6.68. The maximum atomic E-state index is 11.9. The Hall–Kier alpha value is -2.04. The van der Waals surface area contributed by atoms with Crippen molar-refractivity contribution in [1.29, 1.82) is 0 Å². The summed E-state index contributed by atoms with van der Waals surface area (Å²) in [5.41, 5.74) is 1.73. The molecule has 0 fully saturated rings. The lowest BCUT2D eigenvalue weighted by Crippen LogP contribution is -2.13. The van der Waals surface area contributed by atoms with Gasteiger partial charge in [0, 0.05) is 17.9 Å². The Morgan fingerprint density at radius 1 is 0.962 bits per heavy atom. The molecule has 0 aromatic heterocycles. The van der Waals surface area contributed by atoms with Crippen molar-refractivity contribution in [3.8, 4) is 0 Å². The summed E-state index contributed by atoms with van der Waals surface area (Å²) in [6.45, 7) is 0.389. The normalized spacial score (nSPS) is 10.4. The fraction of sp³-hybridized carbons (Fsp3) is 0.300. The molecule has 0 aliphatic carbocycles. The number of amides is 1. The smallest absolute Gasteiger partial charge is 0.305 e. The van der Waals surface area contributed by atoms with Gasteiger partial charge in [-0.25, -0.2) is 0 Å². The topological polar surface area (TPSA) is 55.4 Å². The van der Waals surface area contributed by atoms with Gasteiger partial charge in [0.25, 0.3) is 0 Å². The number of hydrogen-bond acceptors (Lipinski definition) is 3. The number of benzene rings is 2. The molecule has 0 aliphatic heterocycles. The Morgan fingerprint density at radius 3 is 2.46 bits per heavy atom. The number of carbonyl (C=O) groups excluding carboxylic acids is 2. The number of carbonyl (C=O) groups is 2. The maximum absolute atomic E-state index is 11.9. The van der Waals surface area contributed by atoms with Gasteiger partial charge < -0.3 is 10.1 Å². The quantitative estimate of drug-likeness (QED) is 0.465.